The van der Waals surface area contributed by atoms with Crippen molar-refractivity contribution in [3.05, 3.63) is 95.3 Å². The first-order valence-corrected chi connectivity index (χ1v) is 9.23. The molecule has 0 aliphatic rings. The van der Waals surface area contributed by atoms with E-state index in [-0.39, 0.29) is 16.8 Å². The van der Waals surface area contributed by atoms with Gasteiger partial charge in [-0.25, -0.2) is 9.37 Å². The van der Waals surface area contributed by atoms with Crippen LogP contribution in [0.25, 0.3) is 11.0 Å². The van der Waals surface area contributed by atoms with Gasteiger partial charge in [-0.15, -0.1) is 0 Å². The van der Waals surface area contributed by atoms with Crippen LogP contribution in [0.3, 0.4) is 0 Å². The number of aromatic nitrogens is 3. The lowest BCUT2D eigenvalue weighted by Gasteiger charge is -2.20. The summed E-state index contributed by atoms with van der Waals surface area (Å²) in [5, 5.41) is 2.68. The van der Waals surface area contributed by atoms with Crippen molar-refractivity contribution in [2.45, 2.75) is 12.2 Å². The Morgan fingerprint density at radius 1 is 1.06 bits per heavy atom. The van der Waals surface area contributed by atoms with Crippen molar-refractivity contribution in [2.24, 2.45) is 7.05 Å². The van der Waals surface area contributed by atoms with Crippen molar-refractivity contribution < 1.29 is 22.4 Å². The molecule has 4 aromatic rings. The van der Waals surface area contributed by atoms with Crippen LogP contribution in [0.4, 0.5) is 17.6 Å². The zero-order valence-electron chi connectivity index (χ0n) is 16.2. The van der Waals surface area contributed by atoms with Crippen LogP contribution in [0.2, 0.25) is 0 Å². The number of hydrogen-bond donors (Lipinski definition) is 1. The number of benzene rings is 2. The molecule has 0 saturated heterocycles. The van der Waals surface area contributed by atoms with Crippen molar-refractivity contribution >= 4 is 16.9 Å². The van der Waals surface area contributed by atoms with Gasteiger partial charge in [-0.3, -0.25) is 9.78 Å². The fraction of sp³-hybridized carbons (Fsp3) is 0.136. The highest BCUT2D eigenvalue weighted by Crippen LogP contribution is 2.31. The molecule has 0 spiro atoms. The number of halogens is 4. The van der Waals surface area contributed by atoms with Crippen LogP contribution in [0.1, 0.15) is 33.2 Å². The molecule has 9 heteroatoms. The third-order valence-electron chi connectivity index (χ3n) is 4.89. The number of aryl methyl sites for hydroxylation is 1. The number of carbonyl (C=O) groups excluding carboxylic acids is 1. The Morgan fingerprint density at radius 3 is 2.48 bits per heavy atom. The minimum atomic E-state index is -4.51. The number of pyridine rings is 1. The van der Waals surface area contributed by atoms with E-state index in [9.17, 15) is 22.4 Å². The standard InChI is InChI=1S/C22H16F4N4O/c1-30-12-28-17-11-14(6-9-18(17)30)21(31)29-19(20-16(23)3-2-10-27-20)13-4-7-15(8-5-13)22(24,25)26/h2-12,19H,1H3,(H,29,31). The molecule has 0 aliphatic heterocycles. The fourth-order valence-corrected chi connectivity index (χ4v) is 3.28. The van der Waals surface area contributed by atoms with E-state index in [4.69, 9.17) is 0 Å². The van der Waals surface area contributed by atoms with Gasteiger partial charge < -0.3 is 9.88 Å². The molecule has 158 valence electrons. The molecule has 2 aromatic heterocycles. The lowest BCUT2D eigenvalue weighted by atomic mass is 10.00. The lowest BCUT2D eigenvalue weighted by Crippen LogP contribution is -2.30. The zero-order chi connectivity index (χ0) is 22.2. The topological polar surface area (TPSA) is 59.8 Å². The highest BCUT2D eigenvalue weighted by molar-refractivity contribution is 5.97. The molecule has 5 nitrogen and oxygen atoms in total. The molecule has 1 unspecified atom stereocenters. The Balaban J connectivity index is 1.70. The maximum Gasteiger partial charge on any atom is 0.416 e. The van der Waals surface area contributed by atoms with Gasteiger partial charge in [0.25, 0.3) is 5.91 Å². The van der Waals surface area contributed by atoms with E-state index in [2.05, 4.69) is 15.3 Å². The largest absolute Gasteiger partial charge is 0.416 e. The summed E-state index contributed by atoms with van der Waals surface area (Å²) in [7, 11) is 1.82. The summed E-state index contributed by atoms with van der Waals surface area (Å²) in [6.45, 7) is 0. The third kappa shape index (κ3) is 4.11. The summed E-state index contributed by atoms with van der Waals surface area (Å²) in [5.74, 6) is -1.23. The number of fused-ring (bicyclic) bond motifs is 1. The number of carbonyl (C=O) groups is 1. The number of nitrogens with one attached hydrogen (secondary N) is 1. The summed E-state index contributed by atoms with van der Waals surface area (Å²) in [5.41, 5.74) is 1.02. The monoisotopic (exact) mass is 428 g/mol. The predicted octanol–water partition coefficient (Wildman–Crippen LogP) is 4.65. The second-order valence-electron chi connectivity index (χ2n) is 6.96. The fourth-order valence-electron chi connectivity index (χ4n) is 3.28. The van der Waals surface area contributed by atoms with Crippen molar-refractivity contribution in [3.8, 4) is 0 Å². The second-order valence-corrected chi connectivity index (χ2v) is 6.96. The van der Waals surface area contributed by atoms with Gasteiger partial charge in [-0.1, -0.05) is 12.1 Å². The summed E-state index contributed by atoms with van der Waals surface area (Å²) in [6.07, 6.45) is -1.55. The average Bonchev–Trinajstić information content (AvgIpc) is 3.12. The number of rotatable bonds is 4. The van der Waals surface area contributed by atoms with E-state index in [0.29, 0.717) is 5.52 Å². The number of imidazole rings is 1. The Kier molecular flexibility index (Phi) is 5.18. The average molecular weight is 428 g/mol. The minimum absolute atomic E-state index is 0.102. The zero-order valence-corrected chi connectivity index (χ0v) is 16.2. The van der Waals surface area contributed by atoms with Gasteiger partial charge in [-0.2, -0.15) is 13.2 Å². The molecule has 1 atom stereocenters. The Morgan fingerprint density at radius 2 is 1.81 bits per heavy atom. The van der Waals surface area contributed by atoms with Crippen LogP contribution in [0.15, 0.2) is 67.1 Å². The van der Waals surface area contributed by atoms with Gasteiger partial charge in [-0.05, 0) is 48.0 Å². The summed E-state index contributed by atoms with van der Waals surface area (Å²) in [6, 6.07) is 10.5. The summed E-state index contributed by atoms with van der Waals surface area (Å²) >= 11 is 0. The minimum Gasteiger partial charge on any atom is -0.339 e. The number of nitrogens with zero attached hydrogens (tertiary/aromatic N) is 3. The molecule has 4 rings (SSSR count). The second kappa shape index (κ2) is 7.82. The highest BCUT2D eigenvalue weighted by atomic mass is 19.4. The van der Waals surface area contributed by atoms with Gasteiger partial charge in [0.15, 0.2) is 0 Å². The van der Waals surface area contributed by atoms with Gasteiger partial charge in [0.2, 0.25) is 0 Å². The SMILES string of the molecule is Cn1cnc2cc(C(=O)NC(c3ccc(C(F)(F)F)cc3)c3ncccc3F)ccc21. The summed E-state index contributed by atoms with van der Waals surface area (Å²) in [4.78, 5) is 21.1. The van der Waals surface area contributed by atoms with E-state index in [1.165, 1.54) is 30.5 Å². The van der Waals surface area contributed by atoms with Crippen LogP contribution in [-0.4, -0.2) is 20.4 Å². The van der Waals surface area contributed by atoms with Crippen molar-refractivity contribution in [1.29, 1.82) is 0 Å². The van der Waals surface area contributed by atoms with Gasteiger partial charge in [0.1, 0.15) is 11.5 Å². The van der Waals surface area contributed by atoms with E-state index < -0.39 is 29.5 Å². The lowest BCUT2D eigenvalue weighted by molar-refractivity contribution is -0.137. The molecule has 2 aromatic carbocycles. The first-order valence-electron chi connectivity index (χ1n) is 9.23. The number of hydrogen-bond acceptors (Lipinski definition) is 3. The van der Waals surface area contributed by atoms with Crippen molar-refractivity contribution in [3.63, 3.8) is 0 Å². The molecule has 0 radical (unpaired) electrons. The maximum atomic E-state index is 14.5. The van der Waals surface area contributed by atoms with E-state index in [1.807, 2.05) is 7.05 Å². The molecule has 2 heterocycles. The predicted molar refractivity (Wildman–Crippen MR) is 106 cm³/mol. The van der Waals surface area contributed by atoms with E-state index >= 15 is 0 Å². The van der Waals surface area contributed by atoms with Gasteiger partial charge >= 0.3 is 6.18 Å². The molecule has 0 fully saturated rings. The molecule has 1 N–H and O–H groups in total. The van der Waals surface area contributed by atoms with Crippen molar-refractivity contribution in [1.82, 2.24) is 19.9 Å². The number of alkyl halides is 3. The normalized spacial score (nSPS) is 12.7. The van der Waals surface area contributed by atoms with Crippen molar-refractivity contribution in [2.75, 3.05) is 0 Å². The third-order valence-corrected chi connectivity index (χ3v) is 4.89. The molecule has 0 bridgehead atoms. The first kappa shape index (κ1) is 20.5. The molecule has 0 aliphatic carbocycles. The molecule has 31 heavy (non-hydrogen) atoms. The molecule has 1 amide bonds. The number of amides is 1. The van der Waals surface area contributed by atoms with Gasteiger partial charge in [0, 0.05) is 18.8 Å². The molecular weight excluding hydrogens is 412 g/mol. The highest BCUT2D eigenvalue weighted by Gasteiger charge is 2.31. The van der Waals surface area contributed by atoms with Crippen LogP contribution < -0.4 is 5.32 Å². The van der Waals surface area contributed by atoms with Crippen LogP contribution in [0.5, 0.6) is 0 Å². The van der Waals surface area contributed by atoms with E-state index in [1.54, 1.807) is 29.1 Å². The molecule has 0 saturated carbocycles. The first-order chi connectivity index (χ1) is 14.7. The Bertz CT molecular complexity index is 1250. The summed E-state index contributed by atoms with van der Waals surface area (Å²) < 4.78 is 55.0. The van der Waals surface area contributed by atoms with Gasteiger partial charge in [0.05, 0.1) is 29.0 Å². The Labute approximate surface area is 174 Å². The quantitative estimate of drug-likeness (QED) is 0.482. The van der Waals surface area contributed by atoms with E-state index in [0.717, 1.165) is 17.6 Å². The smallest absolute Gasteiger partial charge is 0.339 e. The van der Waals surface area contributed by atoms with Crippen LogP contribution in [-0.2, 0) is 13.2 Å². The molecular formula is C22H16F4N4O. The van der Waals surface area contributed by atoms with Crippen LogP contribution in [0, 0.1) is 5.82 Å². The van der Waals surface area contributed by atoms with Crippen LogP contribution >= 0.6 is 0 Å². The maximum absolute atomic E-state index is 14.5. The Hall–Kier alpha value is -3.75.